The number of phenols is 1. The molecule has 9 heteroatoms. The highest BCUT2D eigenvalue weighted by Crippen LogP contribution is 2.53. The fraction of sp³-hybridized carbons (Fsp3) is 0.375. The fourth-order valence-corrected chi connectivity index (χ4v) is 7.14. The molecule has 3 saturated carbocycles. The minimum atomic E-state index is -0.0511. The Hall–Kier alpha value is -4.08. The van der Waals surface area contributed by atoms with Crippen LogP contribution in [0.4, 0.5) is 17.3 Å². The highest BCUT2D eigenvalue weighted by Gasteiger charge is 2.48. The van der Waals surface area contributed by atoms with E-state index in [1.165, 1.54) is 44.1 Å². The van der Waals surface area contributed by atoms with Crippen LogP contribution in [0.5, 0.6) is 5.75 Å². The van der Waals surface area contributed by atoms with Crippen LogP contribution in [-0.2, 0) is 12.0 Å². The lowest BCUT2D eigenvalue weighted by Gasteiger charge is -2.54. The Balaban J connectivity index is 1.20. The van der Waals surface area contributed by atoms with E-state index in [0.29, 0.717) is 29.3 Å². The van der Waals surface area contributed by atoms with Crippen LogP contribution < -0.4 is 28.1 Å². The second kappa shape index (κ2) is 11.1. The van der Waals surface area contributed by atoms with Gasteiger partial charge in [0.05, 0.1) is 18.4 Å². The molecule has 0 radical (unpaired) electrons. The summed E-state index contributed by atoms with van der Waals surface area (Å²) in [7, 11) is 0. The third kappa shape index (κ3) is 5.47. The summed E-state index contributed by atoms with van der Waals surface area (Å²) in [5.41, 5.74) is 20.8. The molecule has 3 fully saturated rings. The molecule has 4 aromatic rings. The first-order valence-corrected chi connectivity index (χ1v) is 14.5. The summed E-state index contributed by atoms with van der Waals surface area (Å²) < 4.78 is 1.89. The Labute approximate surface area is 241 Å². The van der Waals surface area contributed by atoms with Crippen LogP contribution in [0.25, 0.3) is 0 Å². The molecule has 0 amide bonds. The monoisotopic (exact) mass is 552 g/mol. The Morgan fingerprint density at radius 3 is 2.41 bits per heavy atom. The van der Waals surface area contributed by atoms with Gasteiger partial charge in [-0.25, -0.2) is 10.8 Å². The van der Waals surface area contributed by atoms with Crippen molar-refractivity contribution in [3.05, 3.63) is 95.3 Å². The van der Waals surface area contributed by atoms with Gasteiger partial charge >= 0.3 is 0 Å². The molecule has 3 aliphatic carbocycles. The zero-order valence-electron chi connectivity index (χ0n) is 23.4. The summed E-state index contributed by atoms with van der Waals surface area (Å²) in [6, 6.07) is 20.2. The zero-order valence-corrected chi connectivity index (χ0v) is 23.4. The number of aromatic nitrogens is 3. The molecule has 0 aliphatic heterocycles. The summed E-state index contributed by atoms with van der Waals surface area (Å²) in [6.07, 6.45) is 12.0. The van der Waals surface area contributed by atoms with Crippen LogP contribution in [0.3, 0.4) is 0 Å². The summed E-state index contributed by atoms with van der Waals surface area (Å²) in [5.74, 6) is 6.65. The summed E-state index contributed by atoms with van der Waals surface area (Å²) >= 11 is 0. The van der Waals surface area contributed by atoms with Crippen molar-refractivity contribution >= 4 is 17.3 Å². The molecule has 0 spiro atoms. The number of nitrogen functional groups attached to an aromatic ring is 3. The van der Waals surface area contributed by atoms with Crippen molar-refractivity contribution in [1.29, 1.82) is 0 Å². The summed E-state index contributed by atoms with van der Waals surface area (Å²) in [4.78, 5) is 4.27. The van der Waals surface area contributed by atoms with Crippen LogP contribution in [0.15, 0.2) is 73.1 Å². The Kier molecular flexibility index (Phi) is 7.32. The average molecular weight is 553 g/mol. The van der Waals surface area contributed by atoms with Gasteiger partial charge < -0.3 is 27.3 Å². The van der Waals surface area contributed by atoms with Gasteiger partial charge in [-0.2, -0.15) is 5.10 Å². The van der Waals surface area contributed by atoms with Gasteiger partial charge in [-0.05, 0) is 97.4 Å². The highest BCUT2D eigenvalue weighted by atomic mass is 16.3. The van der Waals surface area contributed by atoms with E-state index in [0.717, 1.165) is 29.7 Å². The largest absolute Gasteiger partial charge is 0.508 e. The molecule has 1 unspecified atom stereocenters. The number of aromatic hydroxyl groups is 1. The molecule has 1 atom stereocenters. The Morgan fingerprint density at radius 2 is 1.71 bits per heavy atom. The van der Waals surface area contributed by atoms with Gasteiger partial charge in [0.25, 0.3) is 0 Å². The number of anilines is 3. The predicted molar refractivity (Wildman–Crippen MR) is 163 cm³/mol. The molecule has 2 bridgehead atoms. The maximum atomic E-state index is 9.88. The van der Waals surface area contributed by atoms with E-state index in [2.05, 4.69) is 51.2 Å². The van der Waals surface area contributed by atoms with Gasteiger partial charge in [0.15, 0.2) is 5.82 Å². The van der Waals surface area contributed by atoms with Gasteiger partial charge in [0.2, 0.25) is 0 Å². The Bertz CT molecular complexity index is 1480. The number of nitrogens with one attached hydrogen (secondary N) is 2. The first-order chi connectivity index (χ1) is 19.9. The number of nitrogens with two attached hydrogens (primary N) is 3. The van der Waals surface area contributed by atoms with Crippen molar-refractivity contribution in [2.24, 2.45) is 5.84 Å². The minimum Gasteiger partial charge on any atom is -0.508 e. The van der Waals surface area contributed by atoms with Crippen LogP contribution in [-0.4, -0.2) is 32.0 Å². The molecule has 2 heterocycles. The third-order valence-corrected chi connectivity index (χ3v) is 9.50. The molecule has 9 nitrogen and oxygen atoms in total. The number of fused-ring (bicyclic) bond motifs is 3. The van der Waals surface area contributed by atoms with Crippen LogP contribution in [0.1, 0.15) is 73.1 Å². The highest BCUT2D eigenvalue weighted by molar-refractivity contribution is 5.70. The number of benzene rings is 2. The van der Waals surface area contributed by atoms with Crippen molar-refractivity contribution < 1.29 is 5.11 Å². The molecule has 41 heavy (non-hydrogen) atoms. The zero-order chi connectivity index (χ0) is 28.5. The smallest absolute Gasteiger partial charge is 0.165 e. The van der Waals surface area contributed by atoms with Crippen LogP contribution >= 0.6 is 0 Å². The molecule has 9 N–H and O–H groups in total. The third-order valence-electron chi connectivity index (χ3n) is 9.50. The van der Waals surface area contributed by atoms with Crippen molar-refractivity contribution in [3.8, 4) is 5.75 Å². The van der Waals surface area contributed by atoms with E-state index in [1.807, 2.05) is 35.3 Å². The fourth-order valence-electron chi connectivity index (χ4n) is 7.14. The number of phenolic OH excluding ortho intramolecular Hbond substituents is 1. The summed E-state index contributed by atoms with van der Waals surface area (Å²) in [6.45, 7) is 1.39. The molecular formula is C32H40N8O. The van der Waals surface area contributed by atoms with Gasteiger partial charge in [0, 0.05) is 17.7 Å². The lowest BCUT2D eigenvalue weighted by molar-refractivity contribution is 0.0770. The van der Waals surface area contributed by atoms with E-state index in [1.54, 1.807) is 12.1 Å². The number of pyridine rings is 1. The molecular weight excluding hydrogens is 512 g/mol. The quantitative estimate of drug-likeness (QED) is 0.123. The lowest BCUT2D eigenvalue weighted by atomic mass is 9.55. The van der Waals surface area contributed by atoms with Gasteiger partial charge in [0.1, 0.15) is 11.6 Å². The first-order valence-electron chi connectivity index (χ1n) is 14.5. The molecule has 7 rings (SSSR count). The maximum Gasteiger partial charge on any atom is 0.165 e. The number of hydrogen-bond donors (Lipinski definition) is 6. The molecule has 2 aromatic heterocycles. The maximum absolute atomic E-state index is 9.88. The number of hydrazine groups is 1. The minimum absolute atomic E-state index is 0.0511. The standard InChI is InChI=1S/C32H40N8O/c33-28-18-27(29(34)30(38-28)39-35)26(23-19-37-40(21-23)20-22-5-4-8-25(41)17-22)9-16-36-32-13-10-31(11-14-32,12-15-32)24-6-2-1-3-7-24/h1-8,17-19,21,26,36,41H,9-16,20,34-35H2,(H3,33,38,39). The average Bonchev–Trinajstić information content (AvgIpc) is 3.46. The van der Waals surface area contributed by atoms with E-state index >= 15 is 0 Å². The Morgan fingerprint density at radius 1 is 0.951 bits per heavy atom. The van der Waals surface area contributed by atoms with E-state index < -0.39 is 0 Å². The number of hydrogen-bond acceptors (Lipinski definition) is 8. The van der Waals surface area contributed by atoms with Gasteiger partial charge in [-0.1, -0.05) is 42.5 Å². The summed E-state index contributed by atoms with van der Waals surface area (Å²) in [5, 5.41) is 18.5. The molecule has 214 valence electrons. The number of nitrogens with zero attached hydrogens (tertiary/aromatic N) is 3. The lowest BCUT2D eigenvalue weighted by Crippen LogP contribution is -2.56. The normalized spacial score (nSPS) is 22.5. The van der Waals surface area contributed by atoms with E-state index in [-0.39, 0.29) is 17.2 Å². The molecule has 2 aromatic carbocycles. The van der Waals surface area contributed by atoms with Crippen molar-refractivity contribution in [1.82, 2.24) is 20.1 Å². The first kappa shape index (κ1) is 27.1. The van der Waals surface area contributed by atoms with Crippen molar-refractivity contribution in [3.63, 3.8) is 0 Å². The van der Waals surface area contributed by atoms with Gasteiger partial charge in [-0.3, -0.25) is 4.68 Å². The topological polar surface area (TPSA) is 153 Å². The molecule has 3 aliphatic rings. The van der Waals surface area contributed by atoms with Crippen LogP contribution in [0.2, 0.25) is 0 Å². The number of rotatable bonds is 10. The molecule has 0 saturated heterocycles. The van der Waals surface area contributed by atoms with Crippen LogP contribution in [0, 0.1) is 0 Å². The van der Waals surface area contributed by atoms with Gasteiger partial charge in [-0.15, -0.1) is 0 Å². The van der Waals surface area contributed by atoms with E-state index in [4.69, 9.17) is 17.3 Å². The van der Waals surface area contributed by atoms with E-state index in [9.17, 15) is 5.11 Å². The SMILES string of the molecule is NNc1nc(N)cc(C(CCNC23CCC(c4ccccc4)(CC2)CC3)c2cnn(Cc3cccc(O)c3)c2)c1N. The second-order valence-corrected chi connectivity index (χ2v) is 11.9. The van der Waals surface area contributed by atoms with Crippen molar-refractivity contribution in [2.75, 3.05) is 23.4 Å². The van der Waals surface area contributed by atoms with Crippen molar-refractivity contribution in [2.45, 2.75) is 68.4 Å². The second-order valence-electron chi connectivity index (χ2n) is 11.9. The predicted octanol–water partition coefficient (Wildman–Crippen LogP) is 4.64.